The molecule has 2 atom stereocenters. The van der Waals surface area contributed by atoms with Gasteiger partial charge in [-0.15, -0.1) is 0 Å². The first-order valence-electron chi connectivity index (χ1n) is 5.06. The molecule has 1 nitrogen and oxygen atoms in total. The van der Waals surface area contributed by atoms with Crippen LogP contribution < -0.4 is 5.32 Å². The molecule has 2 fully saturated rings. The molecule has 1 spiro atoms. The third-order valence-electron chi connectivity index (χ3n) is 3.88. The van der Waals surface area contributed by atoms with E-state index in [1.54, 1.807) is 0 Å². The normalized spacial score (nSPS) is 50.7. The first-order valence-corrected chi connectivity index (χ1v) is 5.06. The SMILES string of the molecule is CC1CC2(CCC[NH2+]2)CC1C. The van der Waals surface area contributed by atoms with Crippen LogP contribution in [0.3, 0.4) is 0 Å². The summed E-state index contributed by atoms with van der Waals surface area (Å²) in [6.07, 6.45) is 5.91. The van der Waals surface area contributed by atoms with Gasteiger partial charge in [-0.3, -0.25) is 0 Å². The van der Waals surface area contributed by atoms with Crippen LogP contribution in [-0.4, -0.2) is 12.1 Å². The molecular formula is C10H20N+. The lowest BCUT2D eigenvalue weighted by Crippen LogP contribution is -2.93. The van der Waals surface area contributed by atoms with Gasteiger partial charge in [0, 0.05) is 25.7 Å². The summed E-state index contributed by atoms with van der Waals surface area (Å²) in [5.41, 5.74) is 0.707. The van der Waals surface area contributed by atoms with Crippen molar-refractivity contribution in [2.45, 2.75) is 45.1 Å². The molecule has 0 radical (unpaired) electrons. The summed E-state index contributed by atoms with van der Waals surface area (Å²) >= 11 is 0. The standard InChI is InChI=1S/C10H19N/c1-8-6-10(7-9(8)2)4-3-5-11-10/h8-9,11H,3-7H2,1-2H3/p+1. The van der Waals surface area contributed by atoms with E-state index in [1.807, 2.05) is 0 Å². The van der Waals surface area contributed by atoms with Gasteiger partial charge in [0.05, 0.1) is 12.1 Å². The quantitative estimate of drug-likeness (QED) is 0.539. The maximum absolute atomic E-state index is 2.62. The molecule has 1 heteroatoms. The van der Waals surface area contributed by atoms with Gasteiger partial charge < -0.3 is 5.32 Å². The third kappa shape index (κ3) is 1.20. The van der Waals surface area contributed by atoms with E-state index < -0.39 is 0 Å². The summed E-state index contributed by atoms with van der Waals surface area (Å²) in [6, 6.07) is 0. The average Bonchev–Trinajstić information content (AvgIpc) is 2.46. The first kappa shape index (κ1) is 7.60. The van der Waals surface area contributed by atoms with Gasteiger partial charge in [-0.25, -0.2) is 0 Å². The van der Waals surface area contributed by atoms with E-state index >= 15 is 0 Å². The number of rotatable bonds is 0. The molecule has 64 valence electrons. The van der Waals surface area contributed by atoms with Gasteiger partial charge in [0.15, 0.2) is 0 Å². The zero-order valence-electron chi connectivity index (χ0n) is 7.77. The molecule has 0 aromatic rings. The van der Waals surface area contributed by atoms with Crippen LogP contribution in [0.1, 0.15) is 39.5 Å². The van der Waals surface area contributed by atoms with Crippen molar-refractivity contribution in [3.63, 3.8) is 0 Å². The van der Waals surface area contributed by atoms with E-state index in [2.05, 4.69) is 19.2 Å². The van der Waals surface area contributed by atoms with Crippen LogP contribution in [0.4, 0.5) is 0 Å². The number of hydrogen-bond donors (Lipinski definition) is 1. The van der Waals surface area contributed by atoms with Crippen LogP contribution in [0.15, 0.2) is 0 Å². The Balaban J connectivity index is 2.06. The van der Waals surface area contributed by atoms with Crippen LogP contribution in [0.5, 0.6) is 0 Å². The van der Waals surface area contributed by atoms with E-state index in [4.69, 9.17) is 0 Å². The van der Waals surface area contributed by atoms with Crippen molar-refractivity contribution in [1.82, 2.24) is 0 Å². The van der Waals surface area contributed by atoms with Gasteiger partial charge in [0.1, 0.15) is 0 Å². The number of hydrogen-bond acceptors (Lipinski definition) is 0. The Morgan fingerprint density at radius 1 is 1.18 bits per heavy atom. The maximum atomic E-state index is 2.62. The Hall–Kier alpha value is -0.0400. The third-order valence-corrected chi connectivity index (χ3v) is 3.88. The molecule has 1 saturated carbocycles. The monoisotopic (exact) mass is 154 g/mol. The topological polar surface area (TPSA) is 16.6 Å². The molecule has 1 aliphatic heterocycles. The minimum Gasteiger partial charge on any atom is -0.341 e. The molecular weight excluding hydrogens is 134 g/mol. The summed E-state index contributed by atoms with van der Waals surface area (Å²) in [7, 11) is 0. The second kappa shape index (κ2) is 2.48. The van der Waals surface area contributed by atoms with E-state index in [1.165, 1.54) is 32.2 Å². The highest BCUT2D eigenvalue weighted by molar-refractivity contribution is 4.92. The van der Waals surface area contributed by atoms with Crippen molar-refractivity contribution < 1.29 is 5.32 Å². The second-order valence-electron chi connectivity index (χ2n) is 4.82. The Morgan fingerprint density at radius 3 is 2.27 bits per heavy atom. The highest BCUT2D eigenvalue weighted by atomic mass is 15.0. The fourth-order valence-corrected chi connectivity index (χ4v) is 3.10. The molecule has 2 rings (SSSR count). The summed E-state index contributed by atoms with van der Waals surface area (Å²) in [6.45, 7) is 6.23. The predicted molar refractivity (Wildman–Crippen MR) is 46.3 cm³/mol. The number of nitrogens with two attached hydrogens (primary N) is 1. The van der Waals surface area contributed by atoms with Crippen molar-refractivity contribution in [2.75, 3.05) is 6.54 Å². The highest BCUT2D eigenvalue weighted by Gasteiger charge is 2.46. The zero-order valence-corrected chi connectivity index (χ0v) is 7.77. The summed E-state index contributed by atoms with van der Waals surface area (Å²) in [5.74, 6) is 1.95. The smallest absolute Gasteiger partial charge is 0.0968 e. The van der Waals surface area contributed by atoms with Crippen LogP contribution in [0.25, 0.3) is 0 Å². The fourth-order valence-electron chi connectivity index (χ4n) is 3.10. The van der Waals surface area contributed by atoms with E-state index in [-0.39, 0.29) is 0 Å². The van der Waals surface area contributed by atoms with Crippen molar-refractivity contribution in [3.05, 3.63) is 0 Å². The molecule has 2 aliphatic rings. The molecule has 0 aromatic heterocycles. The minimum absolute atomic E-state index is 0.707. The van der Waals surface area contributed by atoms with Crippen LogP contribution in [0.2, 0.25) is 0 Å². The van der Waals surface area contributed by atoms with Gasteiger partial charge in [0.25, 0.3) is 0 Å². The molecule has 0 aromatic carbocycles. The molecule has 1 saturated heterocycles. The molecule has 2 N–H and O–H groups in total. The highest BCUT2D eigenvalue weighted by Crippen LogP contribution is 2.40. The summed E-state index contributed by atoms with van der Waals surface area (Å²) < 4.78 is 0. The molecule has 0 bridgehead atoms. The molecule has 11 heavy (non-hydrogen) atoms. The summed E-state index contributed by atoms with van der Waals surface area (Å²) in [4.78, 5) is 0. The van der Waals surface area contributed by atoms with E-state index in [9.17, 15) is 0 Å². The van der Waals surface area contributed by atoms with Crippen LogP contribution in [-0.2, 0) is 0 Å². The Kier molecular flexibility index (Phi) is 1.71. The molecule has 2 unspecified atom stereocenters. The molecule has 1 aliphatic carbocycles. The van der Waals surface area contributed by atoms with Crippen molar-refractivity contribution >= 4 is 0 Å². The predicted octanol–water partition coefficient (Wildman–Crippen LogP) is 1.15. The van der Waals surface area contributed by atoms with Gasteiger partial charge in [-0.2, -0.15) is 0 Å². The lowest BCUT2D eigenvalue weighted by Gasteiger charge is -2.19. The molecule has 0 amide bonds. The lowest BCUT2D eigenvalue weighted by atomic mass is 9.94. The summed E-state index contributed by atoms with van der Waals surface area (Å²) in [5, 5.41) is 2.62. The van der Waals surface area contributed by atoms with Gasteiger partial charge in [-0.1, -0.05) is 13.8 Å². The Bertz CT molecular complexity index is 135. The molecule has 1 heterocycles. The van der Waals surface area contributed by atoms with Crippen LogP contribution in [0, 0.1) is 11.8 Å². The first-order chi connectivity index (χ1) is 5.22. The van der Waals surface area contributed by atoms with Crippen molar-refractivity contribution in [3.8, 4) is 0 Å². The maximum Gasteiger partial charge on any atom is 0.0968 e. The average molecular weight is 154 g/mol. The van der Waals surface area contributed by atoms with Crippen molar-refractivity contribution in [1.29, 1.82) is 0 Å². The Morgan fingerprint density at radius 2 is 1.82 bits per heavy atom. The van der Waals surface area contributed by atoms with Gasteiger partial charge in [-0.05, 0) is 11.8 Å². The van der Waals surface area contributed by atoms with E-state index in [0.29, 0.717) is 5.54 Å². The zero-order chi connectivity index (χ0) is 7.90. The fraction of sp³-hybridized carbons (Fsp3) is 1.00. The van der Waals surface area contributed by atoms with E-state index in [0.717, 1.165) is 11.8 Å². The minimum atomic E-state index is 0.707. The number of quaternary nitrogens is 1. The lowest BCUT2D eigenvalue weighted by molar-refractivity contribution is -0.707. The van der Waals surface area contributed by atoms with Crippen LogP contribution >= 0.6 is 0 Å². The Labute approximate surface area is 69.6 Å². The van der Waals surface area contributed by atoms with Gasteiger partial charge in [0.2, 0.25) is 0 Å². The van der Waals surface area contributed by atoms with Gasteiger partial charge >= 0.3 is 0 Å². The van der Waals surface area contributed by atoms with Crippen molar-refractivity contribution in [2.24, 2.45) is 11.8 Å². The second-order valence-corrected chi connectivity index (χ2v) is 4.82. The largest absolute Gasteiger partial charge is 0.341 e.